The molecule has 1 fully saturated rings. The SMILES string of the molecule is COc1ccc2c(c1)C(=O)/C(=C/N1CCNCC1)C(C)(C)O2. The Hall–Kier alpha value is -2.01. The zero-order valence-corrected chi connectivity index (χ0v) is 13.3. The van der Waals surface area contributed by atoms with Crippen molar-refractivity contribution in [1.82, 2.24) is 10.2 Å². The van der Waals surface area contributed by atoms with E-state index in [1.54, 1.807) is 19.2 Å². The molecule has 1 aromatic rings. The topological polar surface area (TPSA) is 50.8 Å². The molecule has 118 valence electrons. The number of nitrogens with zero attached hydrogens (tertiary/aromatic N) is 1. The Morgan fingerprint density at radius 3 is 2.73 bits per heavy atom. The van der Waals surface area contributed by atoms with Crippen LogP contribution in [0, 0.1) is 0 Å². The molecule has 2 aliphatic heterocycles. The number of methoxy groups -OCH3 is 1. The zero-order valence-electron chi connectivity index (χ0n) is 13.3. The van der Waals surface area contributed by atoms with Crippen LogP contribution in [0.2, 0.25) is 0 Å². The summed E-state index contributed by atoms with van der Waals surface area (Å²) in [6, 6.07) is 5.36. The Morgan fingerprint density at radius 1 is 1.32 bits per heavy atom. The molecule has 0 aliphatic carbocycles. The van der Waals surface area contributed by atoms with Crippen LogP contribution < -0.4 is 14.8 Å². The number of Topliss-reactive ketones (excluding diaryl/α,β-unsaturated/α-hetero) is 1. The third kappa shape index (κ3) is 2.68. The maximum atomic E-state index is 12.9. The average Bonchev–Trinajstić information content (AvgIpc) is 2.52. The number of fused-ring (bicyclic) bond motifs is 1. The van der Waals surface area contributed by atoms with E-state index in [0.717, 1.165) is 26.2 Å². The standard InChI is InChI=1S/C17H22N2O3/c1-17(2)14(11-19-8-6-18-7-9-19)16(20)13-10-12(21-3)4-5-15(13)22-17/h4-5,10-11,18H,6-9H2,1-3H3/b14-11-. The number of ketones is 1. The van der Waals surface area contributed by atoms with Crippen molar-refractivity contribution in [2.45, 2.75) is 19.4 Å². The van der Waals surface area contributed by atoms with Crippen LogP contribution in [0.25, 0.3) is 0 Å². The van der Waals surface area contributed by atoms with Crippen molar-refractivity contribution in [2.75, 3.05) is 33.3 Å². The van der Waals surface area contributed by atoms with Gasteiger partial charge in [0.05, 0.1) is 18.2 Å². The van der Waals surface area contributed by atoms with Gasteiger partial charge in [0.2, 0.25) is 0 Å². The Balaban J connectivity index is 1.99. The predicted octanol–water partition coefficient (Wildman–Crippen LogP) is 1.84. The minimum Gasteiger partial charge on any atom is -0.497 e. The van der Waals surface area contributed by atoms with Crippen LogP contribution in [0.3, 0.4) is 0 Å². The van der Waals surface area contributed by atoms with Crippen molar-refractivity contribution < 1.29 is 14.3 Å². The fraction of sp³-hybridized carbons (Fsp3) is 0.471. The molecular formula is C17H22N2O3. The van der Waals surface area contributed by atoms with Gasteiger partial charge in [-0.3, -0.25) is 4.79 Å². The second-order valence-corrected chi connectivity index (χ2v) is 6.13. The van der Waals surface area contributed by atoms with Crippen LogP contribution >= 0.6 is 0 Å². The Kier molecular flexibility index (Phi) is 3.83. The first-order valence-electron chi connectivity index (χ1n) is 7.60. The predicted molar refractivity (Wildman–Crippen MR) is 84.6 cm³/mol. The van der Waals surface area contributed by atoms with Crippen LogP contribution in [0.15, 0.2) is 30.0 Å². The Morgan fingerprint density at radius 2 is 2.05 bits per heavy atom. The van der Waals surface area contributed by atoms with Gasteiger partial charge in [-0.15, -0.1) is 0 Å². The molecule has 0 unspecified atom stereocenters. The molecule has 22 heavy (non-hydrogen) atoms. The number of hydrogen-bond donors (Lipinski definition) is 1. The monoisotopic (exact) mass is 302 g/mol. The summed E-state index contributed by atoms with van der Waals surface area (Å²) in [6.45, 7) is 7.54. The molecule has 3 rings (SSSR count). The molecule has 2 aliphatic rings. The third-order valence-corrected chi connectivity index (χ3v) is 4.15. The van der Waals surface area contributed by atoms with Gasteiger partial charge in [0.1, 0.15) is 17.1 Å². The number of nitrogens with one attached hydrogen (secondary N) is 1. The van der Waals surface area contributed by atoms with Crippen molar-refractivity contribution >= 4 is 5.78 Å². The summed E-state index contributed by atoms with van der Waals surface area (Å²) in [5, 5.41) is 3.31. The molecule has 2 heterocycles. The van der Waals surface area contributed by atoms with E-state index in [4.69, 9.17) is 9.47 Å². The fourth-order valence-corrected chi connectivity index (χ4v) is 2.86. The smallest absolute Gasteiger partial charge is 0.198 e. The molecule has 0 bridgehead atoms. The first-order valence-corrected chi connectivity index (χ1v) is 7.60. The van der Waals surface area contributed by atoms with Gasteiger partial charge in [0.25, 0.3) is 0 Å². The number of carbonyl (C=O) groups is 1. The summed E-state index contributed by atoms with van der Waals surface area (Å²) in [5.41, 5.74) is 0.624. The molecule has 1 N–H and O–H groups in total. The summed E-state index contributed by atoms with van der Waals surface area (Å²) >= 11 is 0. The summed E-state index contributed by atoms with van der Waals surface area (Å²) in [4.78, 5) is 15.1. The van der Waals surface area contributed by atoms with Crippen LogP contribution in [0.4, 0.5) is 0 Å². The number of carbonyl (C=O) groups excluding carboxylic acids is 1. The molecule has 0 spiro atoms. The van der Waals surface area contributed by atoms with Crippen molar-refractivity contribution in [1.29, 1.82) is 0 Å². The van der Waals surface area contributed by atoms with E-state index in [-0.39, 0.29) is 5.78 Å². The van der Waals surface area contributed by atoms with Crippen LogP contribution in [-0.4, -0.2) is 49.6 Å². The van der Waals surface area contributed by atoms with Gasteiger partial charge in [-0.25, -0.2) is 0 Å². The lowest BCUT2D eigenvalue weighted by Gasteiger charge is -2.36. The highest BCUT2D eigenvalue weighted by molar-refractivity contribution is 6.13. The summed E-state index contributed by atoms with van der Waals surface area (Å²) in [5.74, 6) is 1.30. The van der Waals surface area contributed by atoms with Crippen LogP contribution in [0.1, 0.15) is 24.2 Å². The second-order valence-electron chi connectivity index (χ2n) is 6.13. The quantitative estimate of drug-likeness (QED) is 0.845. The largest absolute Gasteiger partial charge is 0.497 e. The van der Waals surface area contributed by atoms with E-state index in [1.165, 1.54) is 0 Å². The number of benzene rings is 1. The van der Waals surface area contributed by atoms with Gasteiger partial charge in [-0.05, 0) is 32.0 Å². The highest BCUT2D eigenvalue weighted by atomic mass is 16.5. The maximum absolute atomic E-state index is 12.9. The number of ether oxygens (including phenoxy) is 2. The Labute approximate surface area is 130 Å². The van der Waals surface area contributed by atoms with Crippen molar-refractivity contribution in [3.05, 3.63) is 35.5 Å². The third-order valence-electron chi connectivity index (χ3n) is 4.15. The molecule has 0 amide bonds. The van der Waals surface area contributed by atoms with Crippen molar-refractivity contribution in [2.24, 2.45) is 0 Å². The van der Waals surface area contributed by atoms with E-state index in [0.29, 0.717) is 22.6 Å². The first-order chi connectivity index (χ1) is 10.5. The number of piperazine rings is 1. The lowest BCUT2D eigenvalue weighted by molar-refractivity contribution is 0.0844. The van der Waals surface area contributed by atoms with E-state index in [2.05, 4.69) is 10.2 Å². The fourth-order valence-electron chi connectivity index (χ4n) is 2.86. The van der Waals surface area contributed by atoms with Crippen molar-refractivity contribution in [3.63, 3.8) is 0 Å². The number of rotatable bonds is 2. The lowest BCUT2D eigenvalue weighted by atomic mass is 9.87. The molecule has 1 aromatic carbocycles. The van der Waals surface area contributed by atoms with E-state index in [1.807, 2.05) is 26.1 Å². The molecule has 0 aromatic heterocycles. The molecule has 0 radical (unpaired) electrons. The average molecular weight is 302 g/mol. The molecule has 5 nitrogen and oxygen atoms in total. The summed E-state index contributed by atoms with van der Waals surface area (Å²) in [6.07, 6.45) is 1.96. The van der Waals surface area contributed by atoms with Gasteiger partial charge in [0, 0.05) is 32.4 Å². The number of hydrogen-bond acceptors (Lipinski definition) is 5. The van der Waals surface area contributed by atoms with E-state index >= 15 is 0 Å². The van der Waals surface area contributed by atoms with Gasteiger partial charge >= 0.3 is 0 Å². The summed E-state index contributed by atoms with van der Waals surface area (Å²) in [7, 11) is 1.59. The van der Waals surface area contributed by atoms with Crippen molar-refractivity contribution in [3.8, 4) is 11.5 Å². The van der Waals surface area contributed by atoms with Crippen LogP contribution in [-0.2, 0) is 0 Å². The van der Waals surface area contributed by atoms with Gasteiger partial charge in [-0.2, -0.15) is 0 Å². The Bertz CT molecular complexity index is 616. The van der Waals surface area contributed by atoms with Gasteiger partial charge in [0.15, 0.2) is 5.78 Å². The minimum atomic E-state index is -0.635. The molecule has 5 heteroatoms. The van der Waals surface area contributed by atoms with E-state index < -0.39 is 5.60 Å². The van der Waals surface area contributed by atoms with Crippen LogP contribution in [0.5, 0.6) is 11.5 Å². The van der Waals surface area contributed by atoms with E-state index in [9.17, 15) is 4.79 Å². The van der Waals surface area contributed by atoms with Gasteiger partial charge < -0.3 is 19.7 Å². The maximum Gasteiger partial charge on any atom is 0.198 e. The minimum absolute atomic E-state index is 0.0173. The first kappa shape index (κ1) is 14.9. The highest BCUT2D eigenvalue weighted by Crippen LogP contribution is 2.38. The lowest BCUT2D eigenvalue weighted by Crippen LogP contribution is -2.44. The zero-order chi connectivity index (χ0) is 15.7. The molecule has 0 saturated carbocycles. The second kappa shape index (κ2) is 5.65. The highest BCUT2D eigenvalue weighted by Gasteiger charge is 2.38. The normalized spacial score (nSPS) is 22.2. The van der Waals surface area contributed by atoms with Gasteiger partial charge in [-0.1, -0.05) is 0 Å². The molecule has 1 saturated heterocycles. The summed E-state index contributed by atoms with van der Waals surface area (Å²) < 4.78 is 11.3. The molecular weight excluding hydrogens is 280 g/mol. The molecule has 0 atom stereocenters.